The maximum Gasteiger partial charge on any atom is 0.324 e. The number of fused-ring (bicyclic) bond motifs is 1. The minimum atomic E-state index is -0.377. The van der Waals surface area contributed by atoms with Crippen LogP contribution in [0.25, 0.3) is 38.7 Å². The SMILES string of the molecule is CC(C)(C)c1cc(NC(=O)Nc2ccc(-c3cccc4c(O)[nH]cc34)cc2)n(-c2cccc(-c3cn[nH]c3)c2)n1. The van der Waals surface area contributed by atoms with E-state index in [1.165, 1.54) is 0 Å². The molecule has 6 rings (SSSR count). The lowest BCUT2D eigenvalue weighted by Gasteiger charge is -2.14. The maximum atomic E-state index is 13.1. The highest BCUT2D eigenvalue weighted by Gasteiger charge is 2.22. The molecule has 3 aromatic carbocycles. The summed E-state index contributed by atoms with van der Waals surface area (Å²) in [6, 6.07) is 22.8. The van der Waals surface area contributed by atoms with Crippen molar-refractivity contribution < 1.29 is 9.90 Å². The van der Waals surface area contributed by atoms with E-state index in [-0.39, 0.29) is 17.3 Å². The second-order valence-electron chi connectivity index (χ2n) is 10.7. The van der Waals surface area contributed by atoms with Crippen LogP contribution >= 0.6 is 0 Å². The zero-order valence-corrected chi connectivity index (χ0v) is 22.4. The molecule has 0 aliphatic heterocycles. The standard InChI is InChI=1S/C31H29N7O2/c1-31(2,3)27-15-28(38(37-27)23-7-4-6-20(14-23)21-16-33-34-17-21)36-30(40)35-22-12-10-19(11-13-22)24-8-5-9-25-26(24)18-32-29(25)39/h4-18,32,39H,1-3H3,(H,33,34)(H2,35,36,40). The first-order chi connectivity index (χ1) is 19.3. The van der Waals surface area contributed by atoms with E-state index in [1.54, 1.807) is 17.1 Å². The highest BCUT2D eigenvalue weighted by molar-refractivity contribution is 6.01. The molecule has 0 aliphatic carbocycles. The van der Waals surface area contributed by atoms with Crippen LogP contribution in [0, 0.1) is 0 Å². The van der Waals surface area contributed by atoms with Gasteiger partial charge in [-0.15, -0.1) is 0 Å². The van der Waals surface area contributed by atoms with Gasteiger partial charge in [-0.2, -0.15) is 10.2 Å². The van der Waals surface area contributed by atoms with Crippen molar-refractivity contribution in [2.75, 3.05) is 10.6 Å². The number of anilines is 2. The van der Waals surface area contributed by atoms with E-state index in [0.717, 1.165) is 44.4 Å². The number of nitrogens with one attached hydrogen (secondary N) is 4. The monoisotopic (exact) mass is 531 g/mol. The molecule has 2 amide bonds. The molecule has 0 fully saturated rings. The molecule has 3 aromatic heterocycles. The lowest BCUT2D eigenvalue weighted by atomic mass is 9.92. The molecule has 0 aliphatic rings. The molecule has 0 saturated carbocycles. The summed E-state index contributed by atoms with van der Waals surface area (Å²) in [6.07, 6.45) is 5.39. The fraction of sp³-hybridized carbons (Fsp3) is 0.129. The van der Waals surface area contributed by atoms with Gasteiger partial charge in [0.2, 0.25) is 0 Å². The van der Waals surface area contributed by atoms with Crippen LogP contribution in [0.2, 0.25) is 0 Å². The molecule has 40 heavy (non-hydrogen) atoms. The van der Waals surface area contributed by atoms with Gasteiger partial charge >= 0.3 is 6.03 Å². The number of urea groups is 1. The van der Waals surface area contributed by atoms with E-state index in [9.17, 15) is 9.90 Å². The predicted molar refractivity (Wildman–Crippen MR) is 158 cm³/mol. The third kappa shape index (κ3) is 4.80. The number of carbonyl (C=O) groups excluding carboxylic acids is 1. The number of aromatic hydroxyl groups is 1. The highest BCUT2D eigenvalue weighted by atomic mass is 16.3. The van der Waals surface area contributed by atoms with Gasteiger partial charge in [-0.1, -0.05) is 57.2 Å². The summed E-state index contributed by atoms with van der Waals surface area (Å²) in [7, 11) is 0. The summed E-state index contributed by atoms with van der Waals surface area (Å²) in [5.41, 5.74) is 6.02. The van der Waals surface area contributed by atoms with Gasteiger partial charge in [0.05, 0.1) is 17.6 Å². The van der Waals surface area contributed by atoms with Crippen LogP contribution in [-0.4, -0.2) is 36.1 Å². The highest BCUT2D eigenvalue weighted by Crippen LogP contribution is 2.33. The molecule has 9 nitrogen and oxygen atoms in total. The van der Waals surface area contributed by atoms with Crippen molar-refractivity contribution in [3.05, 3.63) is 97.1 Å². The molecule has 0 bridgehead atoms. The number of rotatable bonds is 5. The summed E-state index contributed by atoms with van der Waals surface area (Å²) < 4.78 is 1.75. The second kappa shape index (κ2) is 9.77. The van der Waals surface area contributed by atoms with Crippen molar-refractivity contribution in [3.63, 3.8) is 0 Å². The Morgan fingerprint density at radius 3 is 2.42 bits per heavy atom. The summed E-state index contributed by atoms with van der Waals surface area (Å²) in [5, 5.41) is 29.3. The quantitative estimate of drug-likeness (QED) is 0.163. The number of benzene rings is 3. The van der Waals surface area contributed by atoms with Crippen molar-refractivity contribution in [2.45, 2.75) is 26.2 Å². The number of amides is 2. The fourth-order valence-corrected chi connectivity index (χ4v) is 4.67. The molecule has 0 radical (unpaired) electrons. The molecule has 0 saturated heterocycles. The second-order valence-corrected chi connectivity index (χ2v) is 10.7. The molecule has 9 heteroatoms. The lowest BCUT2D eigenvalue weighted by molar-refractivity contribution is 0.262. The van der Waals surface area contributed by atoms with Crippen LogP contribution in [0.5, 0.6) is 5.88 Å². The van der Waals surface area contributed by atoms with Crippen molar-refractivity contribution in [1.29, 1.82) is 0 Å². The van der Waals surface area contributed by atoms with Crippen LogP contribution in [0.15, 0.2) is 91.4 Å². The number of hydrogen-bond acceptors (Lipinski definition) is 4. The zero-order valence-electron chi connectivity index (χ0n) is 22.4. The van der Waals surface area contributed by atoms with Gasteiger partial charge in [0.1, 0.15) is 5.82 Å². The fourth-order valence-electron chi connectivity index (χ4n) is 4.67. The van der Waals surface area contributed by atoms with Gasteiger partial charge in [-0.05, 0) is 47.0 Å². The minimum Gasteiger partial charge on any atom is -0.494 e. The van der Waals surface area contributed by atoms with Crippen LogP contribution in [0.3, 0.4) is 0 Å². The molecule has 200 valence electrons. The summed E-state index contributed by atoms with van der Waals surface area (Å²) in [5.74, 6) is 0.705. The van der Waals surface area contributed by atoms with Crippen molar-refractivity contribution in [2.24, 2.45) is 0 Å². The third-order valence-corrected chi connectivity index (χ3v) is 6.81. The van der Waals surface area contributed by atoms with E-state index in [1.807, 2.05) is 79.0 Å². The van der Waals surface area contributed by atoms with Gasteiger partial charge in [0, 0.05) is 45.9 Å². The van der Waals surface area contributed by atoms with E-state index < -0.39 is 0 Å². The minimum absolute atomic E-state index is 0.147. The van der Waals surface area contributed by atoms with E-state index in [2.05, 4.69) is 46.6 Å². The first-order valence-electron chi connectivity index (χ1n) is 12.9. The summed E-state index contributed by atoms with van der Waals surface area (Å²) >= 11 is 0. The lowest BCUT2D eigenvalue weighted by Crippen LogP contribution is -2.21. The molecule has 0 atom stereocenters. The van der Waals surface area contributed by atoms with Crippen LogP contribution in [0.1, 0.15) is 26.5 Å². The number of aromatic nitrogens is 5. The molecule has 0 spiro atoms. The average Bonchev–Trinajstić information content (AvgIpc) is 3.70. The smallest absolute Gasteiger partial charge is 0.324 e. The summed E-state index contributed by atoms with van der Waals surface area (Å²) in [6.45, 7) is 6.26. The normalized spacial score (nSPS) is 11.6. The van der Waals surface area contributed by atoms with Gasteiger partial charge in [-0.3, -0.25) is 10.4 Å². The first kappa shape index (κ1) is 25.0. The molecule has 3 heterocycles. The van der Waals surface area contributed by atoms with Gasteiger partial charge < -0.3 is 15.4 Å². The Morgan fingerprint density at radius 2 is 1.68 bits per heavy atom. The topological polar surface area (TPSA) is 124 Å². The largest absolute Gasteiger partial charge is 0.494 e. The Kier molecular flexibility index (Phi) is 6.11. The zero-order chi connectivity index (χ0) is 27.9. The number of hydrogen-bond donors (Lipinski definition) is 5. The number of aromatic amines is 2. The molecule has 6 aromatic rings. The first-order valence-corrected chi connectivity index (χ1v) is 12.9. The Morgan fingerprint density at radius 1 is 0.875 bits per heavy atom. The Labute approximate surface area is 230 Å². The molecule has 0 unspecified atom stereocenters. The Balaban J connectivity index is 1.24. The third-order valence-electron chi connectivity index (χ3n) is 6.81. The Hall–Kier alpha value is -5.31. The number of H-pyrrole nitrogens is 2. The van der Waals surface area contributed by atoms with Gasteiger partial charge in [0.25, 0.3) is 0 Å². The van der Waals surface area contributed by atoms with Crippen LogP contribution in [-0.2, 0) is 5.41 Å². The van der Waals surface area contributed by atoms with Gasteiger partial charge in [0.15, 0.2) is 5.88 Å². The van der Waals surface area contributed by atoms with Crippen molar-refractivity contribution >= 4 is 28.3 Å². The number of carbonyl (C=O) groups is 1. The van der Waals surface area contributed by atoms with Crippen molar-refractivity contribution in [3.8, 4) is 33.8 Å². The van der Waals surface area contributed by atoms with E-state index in [4.69, 9.17) is 5.10 Å². The van der Waals surface area contributed by atoms with Crippen LogP contribution < -0.4 is 10.6 Å². The van der Waals surface area contributed by atoms with Crippen LogP contribution in [0.4, 0.5) is 16.3 Å². The van der Waals surface area contributed by atoms with E-state index >= 15 is 0 Å². The number of nitrogens with zero attached hydrogens (tertiary/aromatic N) is 3. The average molecular weight is 532 g/mol. The van der Waals surface area contributed by atoms with E-state index in [0.29, 0.717) is 11.5 Å². The van der Waals surface area contributed by atoms with Gasteiger partial charge in [-0.25, -0.2) is 9.48 Å². The predicted octanol–water partition coefficient (Wildman–Crippen LogP) is 7.06. The molecular weight excluding hydrogens is 502 g/mol. The maximum absolute atomic E-state index is 13.1. The molecule has 5 N–H and O–H groups in total. The summed E-state index contributed by atoms with van der Waals surface area (Å²) in [4.78, 5) is 16.0. The van der Waals surface area contributed by atoms with Crippen molar-refractivity contribution in [1.82, 2.24) is 25.0 Å². The Bertz CT molecular complexity index is 1810. The molecular formula is C31H29N7O2.